The van der Waals surface area contributed by atoms with Crippen LogP contribution in [0.15, 0.2) is 101 Å². The van der Waals surface area contributed by atoms with E-state index < -0.39 is 0 Å². The van der Waals surface area contributed by atoms with Crippen LogP contribution in [0.4, 0.5) is 0 Å². The van der Waals surface area contributed by atoms with E-state index in [4.69, 9.17) is 5.73 Å². The molecule has 0 aromatic heterocycles. The Bertz CT molecular complexity index is 1420. The number of fused-ring (bicyclic) bond motifs is 2. The molecule has 0 saturated heterocycles. The summed E-state index contributed by atoms with van der Waals surface area (Å²) in [5.41, 5.74) is 10.7. The molecule has 4 aromatic carbocycles. The Kier molecular flexibility index (Phi) is 6.17. The first-order valence-corrected chi connectivity index (χ1v) is 11.5. The van der Waals surface area contributed by atoms with Gasteiger partial charge in [-0.1, -0.05) is 78.9 Å². The molecule has 0 saturated carbocycles. The van der Waals surface area contributed by atoms with Gasteiger partial charge in [0.2, 0.25) is 0 Å². The van der Waals surface area contributed by atoms with Crippen molar-refractivity contribution in [2.45, 2.75) is 12.8 Å². The predicted molar refractivity (Wildman–Crippen MR) is 140 cm³/mol. The third-order valence-electron chi connectivity index (χ3n) is 5.99. The summed E-state index contributed by atoms with van der Waals surface area (Å²) in [7, 11) is 0. The van der Waals surface area contributed by atoms with Crippen LogP contribution >= 0.6 is 0 Å². The van der Waals surface area contributed by atoms with Gasteiger partial charge in [-0.25, -0.2) is 0 Å². The van der Waals surface area contributed by atoms with E-state index in [-0.39, 0.29) is 5.91 Å². The zero-order valence-corrected chi connectivity index (χ0v) is 18.9. The van der Waals surface area contributed by atoms with Crippen molar-refractivity contribution in [3.8, 4) is 11.1 Å². The van der Waals surface area contributed by atoms with E-state index in [1.165, 1.54) is 10.8 Å². The van der Waals surface area contributed by atoms with Crippen LogP contribution in [0, 0.1) is 0 Å². The Labute approximate surface area is 199 Å². The second-order valence-electron chi connectivity index (χ2n) is 8.39. The summed E-state index contributed by atoms with van der Waals surface area (Å²) in [6, 6.07) is 30.6. The number of hydrogen-bond donors (Lipinski definition) is 2. The molecule has 0 fully saturated rings. The number of nitrogens with one attached hydrogen (secondary N) is 1. The number of nitrogens with two attached hydrogens (primary N) is 1. The van der Waals surface area contributed by atoms with Crippen LogP contribution in [0.3, 0.4) is 0 Å². The molecule has 5 rings (SSSR count). The maximum absolute atomic E-state index is 13.1. The van der Waals surface area contributed by atoms with Gasteiger partial charge in [-0.3, -0.25) is 14.8 Å². The standard InChI is InChI=1S/C29H26N4O/c30-28-25-11-3-4-12-26(25)29(34)33-27(31-15-6-16-32-28)18-20-7-5-10-22(17-20)24-14-13-21-8-1-2-9-23(21)19-24/h1-5,7-14,17,19H,6,15-16,18H2,(H2,30,32)(H,31,33,34). The number of amides is 1. The second kappa shape index (κ2) is 9.71. The molecule has 0 bridgehead atoms. The van der Waals surface area contributed by atoms with Gasteiger partial charge in [0.1, 0.15) is 11.7 Å². The van der Waals surface area contributed by atoms with Crippen molar-refractivity contribution < 1.29 is 4.79 Å². The highest BCUT2D eigenvalue weighted by molar-refractivity contribution is 6.13. The lowest BCUT2D eigenvalue weighted by atomic mass is 9.98. The highest BCUT2D eigenvalue weighted by Crippen LogP contribution is 2.25. The molecule has 5 nitrogen and oxygen atoms in total. The zero-order valence-electron chi connectivity index (χ0n) is 18.9. The van der Waals surface area contributed by atoms with E-state index in [1.54, 1.807) is 6.07 Å². The van der Waals surface area contributed by atoms with Crippen LogP contribution in [0.1, 0.15) is 27.9 Å². The van der Waals surface area contributed by atoms with Crippen molar-refractivity contribution in [3.05, 3.63) is 108 Å². The number of hydrogen-bond acceptors (Lipinski definition) is 4. The van der Waals surface area contributed by atoms with E-state index in [0.717, 1.165) is 23.1 Å². The van der Waals surface area contributed by atoms with Gasteiger partial charge in [-0.05, 0) is 46.0 Å². The van der Waals surface area contributed by atoms with Gasteiger partial charge in [-0.15, -0.1) is 0 Å². The SMILES string of the molecule is NC1=NCCCN=C(Cc2cccc(-c3ccc4ccccc4c3)c2)NC(=O)c2ccccc21. The molecule has 3 N–H and O–H groups in total. The van der Waals surface area contributed by atoms with Gasteiger partial charge in [-0.2, -0.15) is 0 Å². The fourth-order valence-electron chi connectivity index (χ4n) is 4.23. The number of carbonyl (C=O) groups excluding carboxylic acids is 1. The lowest BCUT2D eigenvalue weighted by Crippen LogP contribution is -2.33. The van der Waals surface area contributed by atoms with Gasteiger partial charge < -0.3 is 11.1 Å². The minimum atomic E-state index is -0.222. The molecule has 5 heteroatoms. The van der Waals surface area contributed by atoms with Gasteiger partial charge in [0.25, 0.3) is 5.91 Å². The van der Waals surface area contributed by atoms with Crippen molar-refractivity contribution in [1.82, 2.24) is 5.32 Å². The van der Waals surface area contributed by atoms with E-state index in [9.17, 15) is 4.79 Å². The van der Waals surface area contributed by atoms with E-state index >= 15 is 0 Å². The van der Waals surface area contributed by atoms with Crippen molar-refractivity contribution in [3.63, 3.8) is 0 Å². The number of nitrogens with zero attached hydrogens (tertiary/aromatic N) is 2. The van der Waals surface area contributed by atoms with Crippen LogP contribution < -0.4 is 11.1 Å². The quantitative estimate of drug-likeness (QED) is 0.465. The first-order chi connectivity index (χ1) is 16.7. The summed E-state index contributed by atoms with van der Waals surface area (Å²) in [6.07, 6.45) is 1.30. The fraction of sp³-hybridized carbons (Fsp3) is 0.138. The summed E-state index contributed by atoms with van der Waals surface area (Å²) in [5.74, 6) is 0.813. The number of aliphatic imine (C=N–C) groups is 2. The van der Waals surface area contributed by atoms with Gasteiger partial charge >= 0.3 is 0 Å². The number of benzene rings is 4. The summed E-state index contributed by atoms with van der Waals surface area (Å²) in [4.78, 5) is 22.2. The lowest BCUT2D eigenvalue weighted by molar-refractivity contribution is 0.0976. The highest BCUT2D eigenvalue weighted by atomic mass is 16.1. The minimum Gasteiger partial charge on any atom is -0.383 e. The third-order valence-corrected chi connectivity index (χ3v) is 5.99. The maximum atomic E-state index is 13.1. The molecular weight excluding hydrogens is 420 g/mol. The van der Waals surface area contributed by atoms with E-state index in [1.807, 2.05) is 18.2 Å². The van der Waals surface area contributed by atoms with E-state index in [0.29, 0.717) is 42.3 Å². The molecule has 168 valence electrons. The lowest BCUT2D eigenvalue weighted by Gasteiger charge is -2.12. The Balaban J connectivity index is 1.42. The Morgan fingerprint density at radius 2 is 1.47 bits per heavy atom. The topological polar surface area (TPSA) is 79.8 Å². The molecule has 1 heterocycles. The van der Waals surface area contributed by atoms with Crippen LogP contribution in [0.25, 0.3) is 21.9 Å². The van der Waals surface area contributed by atoms with Crippen LogP contribution in [0.2, 0.25) is 0 Å². The van der Waals surface area contributed by atoms with E-state index in [2.05, 4.69) is 82.0 Å². The number of rotatable bonds is 3. The Hall–Kier alpha value is -4.25. The Morgan fingerprint density at radius 3 is 2.35 bits per heavy atom. The van der Waals surface area contributed by atoms with Gasteiger partial charge in [0.05, 0.1) is 5.56 Å². The minimum absolute atomic E-state index is 0.222. The first-order valence-electron chi connectivity index (χ1n) is 11.5. The maximum Gasteiger partial charge on any atom is 0.257 e. The number of amidine groups is 2. The van der Waals surface area contributed by atoms with Crippen LogP contribution in [0.5, 0.6) is 0 Å². The largest absolute Gasteiger partial charge is 0.383 e. The molecule has 0 radical (unpaired) electrons. The fourth-order valence-corrected chi connectivity index (χ4v) is 4.23. The summed E-state index contributed by atoms with van der Waals surface area (Å²) in [6.45, 7) is 1.15. The Morgan fingerprint density at radius 1 is 0.735 bits per heavy atom. The van der Waals surface area contributed by atoms with Crippen LogP contribution in [-0.2, 0) is 6.42 Å². The number of carbonyl (C=O) groups is 1. The smallest absolute Gasteiger partial charge is 0.257 e. The molecule has 1 aliphatic rings. The van der Waals surface area contributed by atoms with Crippen molar-refractivity contribution in [2.24, 2.45) is 15.7 Å². The molecule has 4 aromatic rings. The first kappa shape index (κ1) is 21.6. The normalized spacial score (nSPS) is 14.4. The summed E-state index contributed by atoms with van der Waals surface area (Å²) >= 11 is 0. The van der Waals surface area contributed by atoms with Gasteiger partial charge in [0.15, 0.2) is 0 Å². The monoisotopic (exact) mass is 446 g/mol. The van der Waals surface area contributed by atoms with Crippen molar-refractivity contribution in [2.75, 3.05) is 13.1 Å². The van der Waals surface area contributed by atoms with Gasteiger partial charge in [0, 0.05) is 25.1 Å². The molecule has 0 aliphatic carbocycles. The second-order valence-corrected chi connectivity index (χ2v) is 8.39. The molecule has 1 amide bonds. The molecule has 1 aliphatic heterocycles. The molecule has 0 spiro atoms. The molecule has 0 unspecified atom stereocenters. The molecule has 0 atom stereocenters. The summed E-state index contributed by atoms with van der Waals surface area (Å²) < 4.78 is 0. The molecular formula is C29H26N4O. The zero-order chi connectivity index (χ0) is 23.3. The average Bonchev–Trinajstić information content (AvgIpc) is 2.90. The summed E-state index contributed by atoms with van der Waals surface area (Å²) in [5, 5.41) is 5.46. The molecule has 34 heavy (non-hydrogen) atoms. The third kappa shape index (κ3) is 4.74. The predicted octanol–water partition coefficient (Wildman–Crippen LogP) is 4.99. The average molecular weight is 447 g/mol. The van der Waals surface area contributed by atoms with Crippen LogP contribution in [-0.4, -0.2) is 30.7 Å². The van der Waals surface area contributed by atoms with Crippen molar-refractivity contribution in [1.29, 1.82) is 0 Å². The van der Waals surface area contributed by atoms with Crippen molar-refractivity contribution >= 4 is 28.4 Å². The highest BCUT2D eigenvalue weighted by Gasteiger charge is 2.16.